The Morgan fingerprint density at radius 3 is 1.62 bits per heavy atom. The van der Waals surface area contributed by atoms with Crippen LogP contribution in [0.2, 0.25) is 0 Å². The van der Waals surface area contributed by atoms with Crippen LogP contribution in [0.5, 0.6) is 0 Å². The molecule has 0 spiro atoms. The maximum absolute atomic E-state index is 10.5. The molecule has 0 bridgehead atoms. The fourth-order valence-electron chi connectivity index (χ4n) is 0.0745. The van der Waals surface area contributed by atoms with E-state index in [1.807, 2.05) is 0 Å². The van der Waals surface area contributed by atoms with Crippen molar-refractivity contribution in [3.05, 3.63) is 0 Å². The Bertz CT molecular complexity index is 91.1. The molecule has 3 nitrogen and oxygen atoms in total. The SMILES string of the molecule is COP(C)(=O)OC.[H-].[Na+]. The zero-order valence-corrected chi connectivity index (χ0v) is 8.57. The van der Waals surface area contributed by atoms with Crippen molar-refractivity contribution in [1.82, 2.24) is 0 Å². The van der Waals surface area contributed by atoms with Gasteiger partial charge in [0.25, 0.3) is 0 Å². The van der Waals surface area contributed by atoms with Gasteiger partial charge in [0, 0.05) is 20.9 Å². The fourth-order valence-corrected chi connectivity index (χ4v) is 0.224. The van der Waals surface area contributed by atoms with Gasteiger partial charge >= 0.3 is 37.2 Å². The van der Waals surface area contributed by atoms with Gasteiger partial charge in [-0.1, -0.05) is 0 Å². The average Bonchev–Trinajstić information content (AvgIpc) is 1.68. The van der Waals surface area contributed by atoms with Crippen LogP contribution in [0.25, 0.3) is 0 Å². The van der Waals surface area contributed by atoms with Gasteiger partial charge in [-0.15, -0.1) is 0 Å². The van der Waals surface area contributed by atoms with Crippen LogP contribution in [-0.4, -0.2) is 20.9 Å². The molecule has 0 radical (unpaired) electrons. The normalized spacial score (nSPS) is 10.4. The van der Waals surface area contributed by atoms with Crippen LogP contribution in [0.3, 0.4) is 0 Å². The minimum absolute atomic E-state index is 0. The number of hydrogen-bond donors (Lipinski definition) is 0. The second-order valence-electron chi connectivity index (χ2n) is 1.14. The summed E-state index contributed by atoms with van der Waals surface area (Å²) in [6.07, 6.45) is 0. The van der Waals surface area contributed by atoms with E-state index < -0.39 is 7.60 Å². The number of rotatable bonds is 2. The molecule has 0 unspecified atom stereocenters. The molecule has 0 aromatic heterocycles. The summed E-state index contributed by atoms with van der Waals surface area (Å²) < 4.78 is 19.3. The molecular weight excluding hydrogens is 138 g/mol. The van der Waals surface area contributed by atoms with Gasteiger partial charge in [-0.2, -0.15) is 0 Å². The Hall–Kier alpha value is 1.15. The third-order valence-corrected chi connectivity index (χ3v) is 1.99. The molecule has 5 heteroatoms. The summed E-state index contributed by atoms with van der Waals surface area (Å²) >= 11 is 0. The van der Waals surface area contributed by atoms with Gasteiger partial charge < -0.3 is 10.5 Å². The molecular formula is C3H10NaO3P. The summed E-state index contributed by atoms with van der Waals surface area (Å²) in [5.41, 5.74) is 0. The molecule has 0 atom stereocenters. The van der Waals surface area contributed by atoms with E-state index in [0.717, 1.165) is 0 Å². The molecule has 0 aliphatic heterocycles. The van der Waals surface area contributed by atoms with Crippen molar-refractivity contribution in [3.63, 3.8) is 0 Å². The summed E-state index contributed by atoms with van der Waals surface area (Å²) in [6.45, 7) is 1.41. The molecule has 8 heavy (non-hydrogen) atoms. The first kappa shape index (κ1) is 11.9. The smallest absolute Gasteiger partial charge is 1.00 e. The molecule has 0 N–H and O–H groups in total. The van der Waals surface area contributed by atoms with Crippen LogP contribution >= 0.6 is 7.60 Å². The van der Waals surface area contributed by atoms with Crippen molar-refractivity contribution in [1.29, 1.82) is 0 Å². The molecule has 46 valence electrons. The Morgan fingerprint density at radius 1 is 1.38 bits per heavy atom. The molecule has 0 aromatic carbocycles. The molecule has 0 rings (SSSR count). The fraction of sp³-hybridized carbons (Fsp3) is 1.00. The second-order valence-corrected chi connectivity index (χ2v) is 3.41. The summed E-state index contributed by atoms with van der Waals surface area (Å²) in [7, 11) is 0.0486. The van der Waals surface area contributed by atoms with Gasteiger partial charge in [-0.25, -0.2) is 0 Å². The van der Waals surface area contributed by atoms with E-state index in [2.05, 4.69) is 9.05 Å². The van der Waals surface area contributed by atoms with Gasteiger partial charge in [0.2, 0.25) is 0 Å². The van der Waals surface area contributed by atoms with Crippen molar-refractivity contribution in [2.75, 3.05) is 20.9 Å². The van der Waals surface area contributed by atoms with E-state index in [9.17, 15) is 4.57 Å². The summed E-state index contributed by atoms with van der Waals surface area (Å²) in [5.74, 6) is 0. The van der Waals surface area contributed by atoms with Gasteiger partial charge in [0.15, 0.2) is 0 Å². The van der Waals surface area contributed by atoms with E-state index >= 15 is 0 Å². The molecule has 0 aromatic rings. The van der Waals surface area contributed by atoms with Crippen molar-refractivity contribution >= 4 is 7.60 Å². The van der Waals surface area contributed by atoms with E-state index in [4.69, 9.17) is 0 Å². The van der Waals surface area contributed by atoms with Crippen LogP contribution in [-0.2, 0) is 13.6 Å². The predicted molar refractivity (Wildman–Crippen MR) is 28.7 cm³/mol. The Labute approximate surface area is 73.1 Å². The number of hydrogen-bond acceptors (Lipinski definition) is 3. The van der Waals surface area contributed by atoms with Crippen molar-refractivity contribution < 1.29 is 44.6 Å². The largest absolute Gasteiger partial charge is 1.00 e. The summed E-state index contributed by atoms with van der Waals surface area (Å²) in [5, 5.41) is 0. The molecule has 0 saturated heterocycles. The van der Waals surface area contributed by atoms with Crippen LogP contribution in [0.1, 0.15) is 1.43 Å². The topological polar surface area (TPSA) is 35.5 Å². The van der Waals surface area contributed by atoms with Gasteiger partial charge in [0.1, 0.15) is 0 Å². The zero-order valence-electron chi connectivity index (χ0n) is 6.67. The van der Waals surface area contributed by atoms with E-state index in [1.54, 1.807) is 0 Å². The van der Waals surface area contributed by atoms with Gasteiger partial charge in [-0.05, 0) is 0 Å². The van der Waals surface area contributed by atoms with Crippen LogP contribution in [0, 0.1) is 0 Å². The first-order valence-corrected chi connectivity index (χ1v) is 3.80. The van der Waals surface area contributed by atoms with Crippen molar-refractivity contribution in [2.24, 2.45) is 0 Å². The van der Waals surface area contributed by atoms with Gasteiger partial charge in [0.05, 0.1) is 0 Å². The standard InChI is InChI=1S/C3H9O3P.Na.H/c1-5-7(3,4)6-2;;/h1-3H3;;/q;+1;-1. The maximum Gasteiger partial charge on any atom is 1.00 e. The quantitative estimate of drug-likeness (QED) is 0.343. The van der Waals surface area contributed by atoms with Crippen LogP contribution in [0.4, 0.5) is 0 Å². The van der Waals surface area contributed by atoms with E-state index in [1.165, 1.54) is 20.9 Å². The summed E-state index contributed by atoms with van der Waals surface area (Å²) in [6, 6.07) is 0. The third-order valence-electron chi connectivity index (χ3n) is 0.663. The molecule has 0 amide bonds. The summed E-state index contributed by atoms with van der Waals surface area (Å²) in [4.78, 5) is 0. The first-order valence-electron chi connectivity index (χ1n) is 1.81. The Balaban J connectivity index is -0.000000180. The second kappa shape index (κ2) is 4.98. The van der Waals surface area contributed by atoms with Crippen molar-refractivity contribution in [3.8, 4) is 0 Å². The predicted octanol–water partition coefficient (Wildman–Crippen LogP) is -1.78. The molecule has 0 saturated carbocycles. The van der Waals surface area contributed by atoms with Crippen molar-refractivity contribution in [2.45, 2.75) is 0 Å². The first-order chi connectivity index (χ1) is 3.12. The molecule has 0 fully saturated rings. The minimum atomic E-state index is -2.65. The Kier molecular flexibility index (Phi) is 7.40. The third kappa shape index (κ3) is 5.29. The van der Waals surface area contributed by atoms with Crippen LogP contribution < -0.4 is 29.6 Å². The monoisotopic (exact) mass is 148 g/mol. The zero-order chi connectivity index (χ0) is 5.91. The van der Waals surface area contributed by atoms with E-state index in [0.29, 0.717) is 0 Å². The van der Waals surface area contributed by atoms with E-state index in [-0.39, 0.29) is 31.0 Å². The molecule has 0 aliphatic rings. The average molecular weight is 148 g/mol. The Morgan fingerprint density at radius 2 is 1.62 bits per heavy atom. The maximum atomic E-state index is 10.5. The minimum Gasteiger partial charge on any atom is -1.00 e. The van der Waals surface area contributed by atoms with Gasteiger partial charge in [-0.3, -0.25) is 4.57 Å². The molecule has 0 aliphatic carbocycles. The van der Waals surface area contributed by atoms with Crippen LogP contribution in [0.15, 0.2) is 0 Å². The molecule has 0 heterocycles.